The number of nitrogen functional groups attached to an aromatic ring is 1. The first kappa shape index (κ1) is 22.2. The van der Waals surface area contributed by atoms with Crippen LogP contribution in [0.1, 0.15) is 34.9 Å². The normalized spacial score (nSPS) is 15.9. The summed E-state index contributed by atoms with van der Waals surface area (Å²) in [6.07, 6.45) is 0.343. The van der Waals surface area contributed by atoms with Crippen molar-refractivity contribution < 1.29 is 23.1 Å². The molecule has 7 nitrogen and oxygen atoms in total. The minimum Gasteiger partial charge on any atom is -0.382 e. The Hall–Kier alpha value is -3.05. The first-order valence-corrected chi connectivity index (χ1v) is 10.6. The van der Waals surface area contributed by atoms with Gasteiger partial charge in [0.05, 0.1) is 28.3 Å². The number of benzene rings is 1. The van der Waals surface area contributed by atoms with Crippen LogP contribution >= 0.6 is 11.3 Å². The summed E-state index contributed by atoms with van der Waals surface area (Å²) in [6, 6.07) is 3.84. The van der Waals surface area contributed by atoms with Gasteiger partial charge in [-0.3, -0.25) is 4.79 Å². The number of carbonyl (C=O) groups excluding carboxylic acids is 1. The zero-order valence-electron chi connectivity index (χ0n) is 17.0. The van der Waals surface area contributed by atoms with Crippen LogP contribution in [0.2, 0.25) is 0 Å². The molecule has 0 spiro atoms. The van der Waals surface area contributed by atoms with Crippen molar-refractivity contribution in [2.75, 3.05) is 12.3 Å². The number of aromatic nitrogens is 3. The average Bonchev–Trinajstić information content (AvgIpc) is 3.49. The third-order valence-electron chi connectivity index (χ3n) is 5.39. The van der Waals surface area contributed by atoms with E-state index in [1.165, 1.54) is 35.7 Å². The predicted octanol–water partition coefficient (Wildman–Crippen LogP) is 3.53. The molecule has 0 saturated heterocycles. The standard InChI is InChI=1S/C21H20F3N5O2S/c1-11-2-5-13(20(31,9-26-10-30)21(22,23)24)6-14(11)15-7-27-18(25)17(29-15)16-8-28-19(32-16)12-3-4-12/h2,5-8,10,12,31H,3-4,9H2,1H3,(H2,25,27)(H,26,30). The highest BCUT2D eigenvalue weighted by Crippen LogP contribution is 2.44. The van der Waals surface area contributed by atoms with E-state index in [2.05, 4.69) is 15.0 Å². The number of hydrogen-bond donors (Lipinski definition) is 3. The number of carbonyl (C=O) groups is 1. The quantitative estimate of drug-likeness (QED) is 0.462. The van der Waals surface area contributed by atoms with Gasteiger partial charge in [-0.05, 0) is 37.0 Å². The molecule has 1 amide bonds. The van der Waals surface area contributed by atoms with E-state index in [1.54, 1.807) is 13.1 Å². The molecule has 168 valence electrons. The van der Waals surface area contributed by atoms with Crippen LogP contribution in [0.3, 0.4) is 0 Å². The Kier molecular flexibility index (Phi) is 5.63. The monoisotopic (exact) mass is 463 g/mol. The van der Waals surface area contributed by atoms with Crippen LogP contribution in [0.15, 0.2) is 30.6 Å². The Morgan fingerprint density at radius 2 is 2.03 bits per heavy atom. The van der Waals surface area contributed by atoms with Crippen molar-refractivity contribution in [3.63, 3.8) is 0 Å². The highest BCUT2D eigenvalue weighted by Gasteiger charge is 2.55. The summed E-state index contributed by atoms with van der Waals surface area (Å²) < 4.78 is 41.1. The second kappa shape index (κ2) is 8.14. The maximum Gasteiger partial charge on any atom is 0.423 e. The number of aryl methyl sites for hydroxylation is 1. The first-order chi connectivity index (χ1) is 15.1. The van der Waals surface area contributed by atoms with E-state index in [-0.39, 0.29) is 12.2 Å². The molecule has 2 aromatic heterocycles. The molecule has 1 aromatic carbocycles. The molecule has 1 aliphatic rings. The second-order valence-corrected chi connectivity index (χ2v) is 8.77. The van der Waals surface area contributed by atoms with E-state index in [9.17, 15) is 23.1 Å². The smallest absolute Gasteiger partial charge is 0.382 e. The summed E-state index contributed by atoms with van der Waals surface area (Å²) in [6.45, 7) is 0.691. The molecule has 0 bridgehead atoms. The topological polar surface area (TPSA) is 114 Å². The van der Waals surface area contributed by atoms with Gasteiger partial charge < -0.3 is 16.2 Å². The van der Waals surface area contributed by atoms with Crippen molar-refractivity contribution in [3.05, 3.63) is 46.7 Å². The van der Waals surface area contributed by atoms with Crippen LogP contribution in [0.4, 0.5) is 19.0 Å². The van der Waals surface area contributed by atoms with Gasteiger partial charge in [-0.1, -0.05) is 12.1 Å². The molecule has 1 saturated carbocycles. The Morgan fingerprint density at radius 3 is 2.69 bits per heavy atom. The zero-order valence-corrected chi connectivity index (χ0v) is 17.8. The van der Waals surface area contributed by atoms with Crippen LogP contribution in [0, 0.1) is 6.92 Å². The third kappa shape index (κ3) is 4.05. The Balaban J connectivity index is 1.77. The number of aliphatic hydroxyl groups is 1. The highest BCUT2D eigenvalue weighted by molar-refractivity contribution is 7.15. The molecular weight excluding hydrogens is 443 g/mol. The van der Waals surface area contributed by atoms with E-state index in [4.69, 9.17) is 5.73 Å². The number of hydrogen-bond acceptors (Lipinski definition) is 7. The van der Waals surface area contributed by atoms with Gasteiger partial charge in [0.25, 0.3) is 0 Å². The fourth-order valence-electron chi connectivity index (χ4n) is 3.34. The average molecular weight is 463 g/mol. The molecule has 1 fully saturated rings. The number of nitrogens with zero attached hydrogens (tertiary/aromatic N) is 3. The van der Waals surface area contributed by atoms with Gasteiger partial charge in [0.1, 0.15) is 5.69 Å². The fourth-order valence-corrected chi connectivity index (χ4v) is 4.42. The number of amides is 1. The van der Waals surface area contributed by atoms with Crippen LogP contribution in [-0.2, 0) is 10.4 Å². The molecule has 4 rings (SSSR count). The van der Waals surface area contributed by atoms with Gasteiger partial charge in [-0.15, -0.1) is 11.3 Å². The summed E-state index contributed by atoms with van der Waals surface area (Å²) in [5.41, 5.74) is 4.04. The fraction of sp³-hybridized carbons (Fsp3) is 0.333. The van der Waals surface area contributed by atoms with Crippen LogP contribution < -0.4 is 11.1 Å². The molecule has 3 aromatic rings. The largest absolute Gasteiger partial charge is 0.423 e. The van der Waals surface area contributed by atoms with Gasteiger partial charge >= 0.3 is 6.18 Å². The maximum atomic E-state index is 13.7. The predicted molar refractivity (Wildman–Crippen MR) is 114 cm³/mol. The number of anilines is 1. The molecule has 1 unspecified atom stereocenters. The maximum absolute atomic E-state index is 13.7. The molecule has 4 N–H and O–H groups in total. The molecule has 0 radical (unpaired) electrons. The number of thiazole rings is 1. The first-order valence-electron chi connectivity index (χ1n) is 9.80. The molecule has 2 heterocycles. The number of halogens is 3. The molecule has 1 aliphatic carbocycles. The summed E-state index contributed by atoms with van der Waals surface area (Å²) in [5.74, 6) is 0.653. The van der Waals surface area contributed by atoms with E-state index >= 15 is 0 Å². The van der Waals surface area contributed by atoms with Crippen molar-refractivity contribution in [2.45, 2.75) is 37.5 Å². The van der Waals surface area contributed by atoms with Crippen molar-refractivity contribution in [1.29, 1.82) is 0 Å². The molecule has 0 aliphatic heterocycles. The van der Waals surface area contributed by atoms with E-state index in [1.807, 2.05) is 5.32 Å². The molecule has 11 heteroatoms. The highest BCUT2D eigenvalue weighted by atomic mass is 32.1. The summed E-state index contributed by atoms with van der Waals surface area (Å²) >= 11 is 1.48. The van der Waals surface area contributed by atoms with Crippen molar-refractivity contribution >= 4 is 23.6 Å². The van der Waals surface area contributed by atoms with Gasteiger partial charge in [0, 0.05) is 17.7 Å². The minimum absolute atomic E-state index is 0.106. The summed E-state index contributed by atoms with van der Waals surface area (Å²) in [7, 11) is 0. The SMILES string of the molecule is Cc1ccc(C(O)(CNC=O)C(F)(F)F)cc1-c1cnc(N)c(-c2cnc(C3CC3)s2)n1. The lowest BCUT2D eigenvalue weighted by molar-refractivity contribution is -0.263. The molecular formula is C21H20F3N5O2S. The van der Waals surface area contributed by atoms with Crippen LogP contribution in [-0.4, -0.2) is 39.2 Å². The number of alkyl halides is 3. The van der Waals surface area contributed by atoms with Gasteiger partial charge in [-0.2, -0.15) is 13.2 Å². The third-order valence-corrected chi connectivity index (χ3v) is 6.55. The number of rotatable bonds is 7. The Bertz CT molecular complexity index is 1160. The Morgan fingerprint density at radius 1 is 1.28 bits per heavy atom. The van der Waals surface area contributed by atoms with E-state index in [0.717, 1.165) is 22.7 Å². The van der Waals surface area contributed by atoms with Crippen LogP contribution in [0.25, 0.3) is 21.8 Å². The van der Waals surface area contributed by atoms with Crippen molar-refractivity contribution in [1.82, 2.24) is 20.3 Å². The van der Waals surface area contributed by atoms with Gasteiger partial charge in [-0.25, -0.2) is 15.0 Å². The van der Waals surface area contributed by atoms with Gasteiger partial charge in [0.2, 0.25) is 12.0 Å². The van der Waals surface area contributed by atoms with E-state index in [0.29, 0.717) is 28.4 Å². The molecule has 32 heavy (non-hydrogen) atoms. The van der Waals surface area contributed by atoms with Crippen molar-refractivity contribution in [2.24, 2.45) is 0 Å². The summed E-state index contributed by atoms with van der Waals surface area (Å²) in [5, 5.41) is 13.4. The number of nitrogens with two attached hydrogens (primary N) is 1. The Labute approximate surface area is 185 Å². The minimum atomic E-state index is -5.02. The number of nitrogens with one attached hydrogen (secondary N) is 1. The van der Waals surface area contributed by atoms with E-state index < -0.39 is 23.9 Å². The lowest BCUT2D eigenvalue weighted by Gasteiger charge is -2.31. The lowest BCUT2D eigenvalue weighted by atomic mass is 9.89. The lowest BCUT2D eigenvalue weighted by Crippen LogP contribution is -2.49. The van der Waals surface area contributed by atoms with Gasteiger partial charge in [0.15, 0.2) is 5.82 Å². The summed E-state index contributed by atoms with van der Waals surface area (Å²) in [4.78, 5) is 24.5. The second-order valence-electron chi connectivity index (χ2n) is 7.71. The van der Waals surface area contributed by atoms with Crippen LogP contribution in [0.5, 0.6) is 0 Å². The van der Waals surface area contributed by atoms with Crippen molar-refractivity contribution in [3.8, 4) is 21.8 Å². The zero-order chi connectivity index (χ0) is 23.1. The molecule has 1 atom stereocenters.